The van der Waals surface area contributed by atoms with Gasteiger partial charge in [0.05, 0.1) is 11.5 Å². The molecule has 2 aromatic rings. The van der Waals surface area contributed by atoms with Gasteiger partial charge in [-0.05, 0) is 36.3 Å². The van der Waals surface area contributed by atoms with E-state index in [2.05, 4.69) is 0 Å². The molecule has 130 valence electrons. The first-order chi connectivity index (χ1) is 12.1. The van der Waals surface area contributed by atoms with E-state index in [0.717, 1.165) is 30.4 Å². The molecule has 1 spiro atoms. The number of nitrogens with zero attached hydrogens (tertiary/aromatic N) is 2. The van der Waals surface area contributed by atoms with Gasteiger partial charge in [0.1, 0.15) is 0 Å². The molecule has 2 aliphatic heterocycles. The quantitative estimate of drug-likeness (QED) is 0.830. The first kappa shape index (κ1) is 16.3. The van der Waals surface area contributed by atoms with Crippen LogP contribution in [0.4, 0.5) is 0 Å². The molecule has 0 aliphatic carbocycles. The normalized spacial score (nSPS) is 22.6. The SMILES string of the molecule is CN1C(=O)C(c2ccccc2)CC12CCN(C(=O)c1ccsc1)CC2. The van der Waals surface area contributed by atoms with Gasteiger partial charge in [0.2, 0.25) is 5.91 Å². The predicted octanol–water partition coefficient (Wildman–Crippen LogP) is 3.37. The molecular weight excluding hydrogens is 332 g/mol. The Labute approximate surface area is 152 Å². The molecule has 4 rings (SSSR count). The van der Waals surface area contributed by atoms with Crippen LogP contribution in [0.5, 0.6) is 0 Å². The van der Waals surface area contributed by atoms with Crippen LogP contribution in [0, 0.1) is 0 Å². The van der Waals surface area contributed by atoms with E-state index in [-0.39, 0.29) is 23.3 Å². The van der Waals surface area contributed by atoms with Crippen LogP contribution >= 0.6 is 11.3 Å². The largest absolute Gasteiger partial charge is 0.339 e. The van der Waals surface area contributed by atoms with E-state index < -0.39 is 0 Å². The van der Waals surface area contributed by atoms with Gasteiger partial charge < -0.3 is 9.80 Å². The summed E-state index contributed by atoms with van der Waals surface area (Å²) in [5.74, 6) is 0.275. The number of benzene rings is 1. The molecule has 1 atom stereocenters. The third kappa shape index (κ3) is 2.76. The molecule has 3 heterocycles. The molecule has 25 heavy (non-hydrogen) atoms. The zero-order valence-electron chi connectivity index (χ0n) is 14.4. The monoisotopic (exact) mass is 354 g/mol. The van der Waals surface area contributed by atoms with Crippen molar-refractivity contribution < 1.29 is 9.59 Å². The highest BCUT2D eigenvalue weighted by molar-refractivity contribution is 7.08. The summed E-state index contributed by atoms with van der Waals surface area (Å²) in [5.41, 5.74) is 1.77. The Kier molecular flexibility index (Phi) is 4.12. The van der Waals surface area contributed by atoms with Gasteiger partial charge >= 0.3 is 0 Å². The van der Waals surface area contributed by atoms with Gasteiger partial charge in [-0.1, -0.05) is 30.3 Å². The van der Waals surface area contributed by atoms with Crippen LogP contribution in [0.2, 0.25) is 0 Å². The summed E-state index contributed by atoms with van der Waals surface area (Å²) in [5, 5.41) is 3.84. The van der Waals surface area contributed by atoms with Crippen LogP contribution in [0.25, 0.3) is 0 Å². The van der Waals surface area contributed by atoms with E-state index in [4.69, 9.17) is 0 Å². The second-order valence-corrected chi connectivity index (χ2v) is 7.87. The molecule has 2 fully saturated rings. The van der Waals surface area contributed by atoms with E-state index in [1.807, 2.05) is 64.0 Å². The van der Waals surface area contributed by atoms with Crippen LogP contribution in [-0.4, -0.2) is 47.3 Å². The number of hydrogen-bond acceptors (Lipinski definition) is 3. The Bertz CT molecular complexity index is 764. The van der Waals surface area contributed by atoms with Crippen LogP contribution in [0.15, 0.2) is 47.2 Å². The van der Waals surface area contributed by atoms with Crippen LogP contribution in [-0.2, 0) is 4.79 Å². The number of carbonyl (C=O) groups is 2. The third-order valence-electron chi connectivity index (χ3n) is 5.88. The summed E-state index contributed by atoms with van der Waals surface area (Å²) in [4.78, 5) is 29.3. The van der Waals surface area contributed by atoms with Gasteiger partial charge in [0.25, 0.3) is 5.91 Å². The second kappa shape index (κ2) is 6.30. The molecule has 4 nitrogen and oxygen atoms in total. The molecule has 2 aliphatic rings. The van der Waals surface area contributed by atoms with Crippen molar-refractivity contribution in [1.29, 1.82) is 0 Å². The summed E-state index contributed by atoms with van der Waals surface area (Å²) in [7, 11) is 1.93. The van der Waals surface area contributed by atoms with Gasteiger partial charge in [-0.15, -0.1) is 0 Å². The minimum atomic E-state index is -0.108. The molecule has 1 unspecified atom stereocenters. The highest BCUT2D eigenvalue weighted by Gasteiger charge is 2.50. The third-order valence-corrected chi connectivity index (χ3v) is 6.56. The second-order valence-electron chi connectivity index (χ2n) is 7.09. The standard InChI is InChI=1S/C20H22N2O2S/c1-21-19(24)17(15-5-3-2-4-6-15)13-20(21)8-10-22(11-9-20)18(23)16-7-12-25-14-16/h2-7,12,14,17H,8-11,13H2,1H3. The van der Waals surface area contributed by atoms with E-state index in [1.54, 1.807) is 11.3 Å². The highest BCUT2D eigenvalue weighted by atomic mass is 32.1. The van der Waals surface area contributed by atoms with Crippen LogP contribution in [0.1, 0.15) is 41.1 Å². The van der Waals surface area contributed by atoms with Crippen molar-refractivity contribution in [1.82, 2.24) is 9.80 Å². The van der Waals surface area contributed by atoms with Crippen molar-refractivity contribution in [3.8, 4) is 0 Å². The zero-order valence-corrected chi connectivity index (χ0v) is 15.2. The summed E-state index contributed by atoms with van der Waals surface area (Å²) in [6, 6.07) is 12.0. The predicted molar refractivity (Wildman–Crippen MR) is 98.8 cm³/mol. The Morgan fingerprint density at radius 3 is 2.52 bits per heavy atom. The molecule has 2 saturated heterocycles. The minimum Gasteiger partial charge on any atom is -0.339 e. The maximum atomic E-state index is 12.8. The maximum absolute atomic E-state index is 12.8. The van der Waals surface area contributed by atoms with Crippen molar-refractivity contribution in [3.05, 3.63) is 58.3 Å². The van der Waals surface area contributed by atoms with Crippen molar-refractivity contribution in [2.75, 3.05) is 20.1 Å². The number of hydrogen-bond donors (Lipinski definition) is 0. The lowest BCUT2D eigenvalue weighted by Crippen LogP contribution is -2.52. The van der Waals surface area contributed by atoms with Crippen molar-refractivity contribution in [2.45, 2.75) is 30.7 Å². The summed E-state index contributed by atoms with van der Waals surface area (Å²) < 4.78 is 0. The Balaban J connectivity index is 1.49. The zero-order chi connectivity index (χ0) is 17.4. The average Bonchev–Trinajstić information content (AvgIpc) is 3.27. The molecule has 2 amide bonds. The fraction of sp³-hybridized carbons (Fsp3) is 0.400. The summed E-state index contributed by atoms with van der Waals surface area (Å²) in [6.45, 7) is 1.43. The molecule has 5 heteroatoms. The topological polar surface area (TPSA) is 40.6 Å². The molecule has 0 saturated carbocycles. The average molecular weight is 354 g/mol. The molecule has 1 aromatic carbocycles. The fourth-order valence-corrected chi connectivity index (χ4v) is 4.88. The lowest BCUT2D eigenvalue weighted by atomic mass is 9.81. The van der Waals surface area contributed by atoms with E-state index in [1.165, 1.54) is 0 Å². The Morgan fingerprint density at radius 2 is 1.88 bits per heavy atom. The van der Waals surface area contributed by atoms with Crippen molar-refractivity contribution >= 4 is 23.2 Å². The van der Waals surface area contributed by atoms with E-state index >= 15 is 0 Å². The first-order valence-corrected chi connectivity index (χ1v) is 9.69. The molecule has 0 radical (unpaired) electrons. The molecular formula is C20H22N2O2S. The number of piperidine rings is 1. The van der Waals surface area contributed by atoms with Crippen LogP contribution < -0.4 is 0 Å². The van der Waals surface area contributed by atoms with Gasteiger partial charge in [-0.3, -0.25) is 9.59 Å². The lowest BCUT2D eigenvalue weighted by Gasteiger charge is -2.43. The number of carbonyl (C=O) groups excluding carboxylic acids is 2. The number of thiophene rings is 1. The Hall–Kier alpha value is -2.14. The lowest BCUT2D eigenvalue weighted by molar-refractivity contribution is -0.131. The number of likely N-dealkylation sites (N-methyl/N-ethyl adjacent to an activating group) is 1. The van der Waals surface area contributed by atoms with Gasteiger partial charge in [-0.25, -0.2) is 0 Å². The first-order valence-electron chi connectivity index (χ1n) is 8.75. The fourth-order valence-electron chi connectivity index (χ4n) is 4.25. The van der Waals surface area contributed by atoms with Gasteiger partial charge in [0, 0.05) is 31.1 Å². The smallest absolute Gasteiger partial charge is 0.254 e. The van der Waals surface area contributed by atoms with E-state index in [9.17, 15) is 9.59 Å². The van der Waals surface area contributed by atoms with Crippen molar-refractivity contribution in [3.63, 3.8) is 0 Å². The van der Waals surface area contributed by atoms with Gasteiger partial charge in [-0.2, -0.15) is 11.3 Å². The number of amides is 2. The number of likely N-dealkylation sites (tertiary alicyclic amines) is 2. The maximum Gasteiger partial charge on any atom is 0.254 e. The molecule has 0 N–H and O–H groups in total. The highest BCUT2D eigenvalue weighted by Crippen LogP contribution is 2.44. The molecule has 1 aromatic heterocycles. The summed E-state index contributed by atoms with van der Waals surface area (Å²) >= 11 is 1.55. The summed E-state index contributed by atoms with van der Waals surface area (Å²) in [6.07, 6.45) is 2.57. The van der Waals surface area contributed by atoms with Crippen LogP contribution in [0.3, 0.4) is 0 Å². The van der Waals surface area contributed by atoms with Gasteiger partial charge in [0.15, 0.2) is 0 Å². The van der Waals surface area contributed by atoms with E-state index in [0.29, 0.717) is 13.1 Å². The Morgan fingerprint density at radius 1 is 1.16 bits per heavy atom. The minimum absolute atomic E-state index is 0.0506. The molecule has 0 bridgehead atoms. The van der Waals surface area contributed by atoms with Crippen molar-refractivity contribution in [2.24, 2.45) is 0 Å². The number of rotatable bonds is 2.